The summed E-state index contributed by atoms with van der Waals surface area (Å²) >= 11 is 0. The van der Waals surface area contributed by atoms with Crippen molar-refractivity contribution in [1.82, 2.24) is 4.90 Å². The van der Waals surface area contributed by atoms with Crippen molar-refractivity contribution in [3.05, 3.63) is 35.9 Å². The molecule has 0 bridgehead atoms. The second kappa shape index (κ2) is 8.18. The Hall–Kier alpha value is -1.35. The van der Waals surface area contributed by atoms with Crippen molar-refractivity contribution in [2.24, 2.45) is 11.1 Å². The molecule has 2 N–H and O–H groups in total. The summed E-state index contributed by atoms with van der Waals surface area (Å²) in [6.07, 6.45) is 2.44. The lowest BCUT2D eigenvalue weighted by Gasteiger charge is -2.29. The summed E-state index contributed by atoms with van der Waals surface area (Å²) < 4.78 is 0. The quantitative estimate of drug-likeness (QED) is 0.795. The molecule has 0 radical (unpaired) electrons. The molecular formula is C18H30N2O. The van der Waals surface area contributed by atoms with E-state index in [0.29, 0.717) is 19.5 Å². The van der Waals surface area contributed by atoms with Crippen LogP contribution >= 0.6 is 0 Å². The lowest BCUT2D eigenvalue weighted by molar-refractivity contribution is -0.134. The Kier molecular flexibility index (Phi) is 6.90. The molecule has 0 aromatic heterocycles. The van der Waals surface area contributed by atoms with Crippen LogP contribution < -0.4 is 5.73 Å². The van der Waals surface area contributed by atoms with E-state index in [2.05, 4.69) is 39.8 Å². The molecule has 0 heterocycles. The number of carbonyl (C=O) groups excluding carboxylic acids is 1. The molecule has 1 rings (SSSR count). The van der Waals surface area contributed by atoms with Crippen LogP contribution in [0.1, 0.15) is 52.5 Å². The van der Waals surface area contributed by atoms with Gasteiger partial charge in [-0.25, -0.2) is 0 Å². The van der Waals surface area contributed by atoms with E-state index in [1.807, 2.05) is 23.1 Å². The number of hydrogen-bond donors (Lipinski definition) is 1. The van der Waals surface area contributed by atoms with Crippen LogP contribution in [0.4, 0.5) is 0 Å². The number of benzene rings is 1. The van der Waals surface area contributed by atoms with Gasteiger partial charge in [0.2, 0.25) is 5.91 Å². The van der Waals surface area contributed by atoms with Crippen LogP contribution in [0.3, 0.4) is 0 Å². The summed E-state index contributed by atoms with van der Waals surface area (Å²) in [6.45, 7) is 9.89. The van der Waals surface area contributed by atoms with Crippen molar-refractivity contribution in [3.8, 4) is 0 Å². The minimum absolute atomic E-state index is 0.139. The third kappa shape index (κ3) is 6.30. The van der Waals surface area contributed by atoms with Gasteiger partial charge in [-0.2, -0.15) is 0 Å². The Bertz CT molecular complexity index is 426. The van der Waals surface area contributed by atoms with E-state index in [-0.39, 0.29) is 17.4 Å². The molecule has 1 aromatic rings. The van der Waals surface area contributed by atoms with Crippen molar-refractivity contribution in [1.29, 1.82) is 0 Å². The third-order valence-electron chi connectivity index (χ3n) is 3.98. The summed E-state index contributed by atoms with van der Waals surface area (Å²) in [5.74, 6) is 0.235. The van der Waals surface area contributed by atoms with Crippen LogP contribution in [0.2, 0.25) is 0 Å². The highest BCUT2D eigenvalue weighted by Crippen LogP contribution is 2.26. The van der Waals surface area contributed by atoms with Crippen molar-refractivity contribution in [2.45, 2.75) is 59.5 Å². The van der Waals surface area contributed by atoms with Crippen LogP contribution in [0.15, 0.2) is 30.3 Å². The minimum Gasteiger partial charge on any atom is -0.336 e. The van der Waals surface area contributed by atoms with E-state index in [4.69, 9.17) is 5.73 Å². The minimum atomic E-state index is 0.139. The predicted octanol–water partition coefficient (Wildman–Crippen LogP) is 3.58. The largest absolute Gasteiger partial charge is 0.336 e. The molecule has 0 spiro atoms. The van der Waals surface area contributed by atoms with Gasteiger partial charge in [-0.05, 0) is 44.2 Å². The first-order valence-corrected chi connectivity index (χ1v) is 7.89. The van der Waals surface area contributed by atoms with E-state index in [9.17, 15) is 4.79 Å². The Morgan fingerprint density at radius 3 is 2.33 bits per heavy atom. The van der Waals surface area contributed by atoms with Gasteiger partial charge < -0.3 is 10.6 Å². The van der Waals surface area contributed by atoms with Gasteiger partial charge in [-0.3, -0.25) is 4.79 Å². The molecule has 1 amide bonds. The maximum Gasteiger partial charge on any atom is 0.223 e. The van der Waals surface area contributed by atoms with Crippen molar-refractivity contribution >= 4 is 5.91 Å². The van der Waals surface area contributed by atoms with E-state index >= 15 is 0 Å². The first-order valence-electron chi connectivity index (χ1n) is 7.89. The molecule has 118 valence electrons. The topological polar surface area (TPSA) is 46.3 Å². The van der Waals surface area contributed by atoms with Gasteiger partial charge in [-0.15, -0.1) is 0 Å². The Morgan fingerprint density at radius 1 is 1.19 bits per heavy atom. The van der Waals surface area contributed by atoms with Crippen LogP contribution in [0.25, 0.3) is 0 Å². The first kappa shape index (κ1) is 17.7. The molecule has 0 saturated heterocycles. The highest BCUT2D eigenvalue weighted by Gasteiger charge is 2.22. The SMILES string of the molecule is CC(C)N(Cc1ccccc1)C(=O)CCC(C)(C)CCN. The summed E-state index contributed by atoms with van der Waals surface area (Å²) in [4.78, 5) is 14.5. The maximum atomic E-state index is 12.5. The number of amides is 1. The molecule has 0 aliphatic carbocycles. The summed E-state index contributed by atoms with van der Waals surface area (Å²) in [5, 5.41) is 0. The van der Waals surface area contributed by atoms with Gasteiger partial charge in [-0.1, -0.05) is 44.2 Å². The lowest BCUT2D eigenvalue weighted by atomic mass is 9.84. The van der Waals surface area contributed by atoms with Gasteiger partial charge in [0.05, 0.1) is 0 Å². The van der Waals surface area contributed by atoms with E-state index in [0.717, 1.165) is 12.8 Å². The Labute approximate surface area is 129 Å². The zero-order valence-electron chi connectivity index (χ0n) is 13.9. The second-order valence-corrected chi connectivity index (χ2v) is 6.80. The zero-order valence-corrected chi connectivity index (χ0v) is 13.9. The smallest absolute Gasteiger partial charge is 0.223 e. The van der Waals surface area contributed by atoms with Crippen LogP contribution in [-0.2, 0) is 11.3 Å². The number of nitrogens with zero attached hydrogens (tertiary/aromatic N) is 1. The average molecular weight is 290 g/mol. The van der Waals surface area contributed by atoms with Gasteiger partial charge in [0.15, 0.2) is 0 Å². The molecule has 1 aromatic carbocycles. The highest BCUT2D eigenvalue weighted by atomic mass is 16.2. The predicted molar refractivity (Wildman–Crippen MR) is 88.8 cm³/mol. The molecule has 3 heteroatoms. The van der Waals surface area contributed by atoms with E-state index in [1.165, 1.54) is 5.56 Å². The van der Waals surface area contributed by atoms with E-state index in [1.54, 1.807) is 0 Å². The normalized spacial score (nSPS) is 11.7. The molecule has 0 aliphatic heterocycles. The van der Waals surface area contributed by atoms with Gasteiger partial charge >= 0.3 is 0 Å². The first-order chi connectivity index (χ1) is 9.85. The van der Waals surface area contributed by atoms with Gasteiger partial charge in [0, 0.05) is 19.0 Å². The standard InChI is InChI=1S/C18H30N2O/c1-15(2)20(14-16-8-6-5-7-9-16)17(21)10-11-18(3,4)12-13-19/h5-9,15H,10-14,19H2,1-4H3. The Balaban J connectivity index is 2.62. The van der Waals surface area contributed by atoms with Crippen LogP contribution in [-0.4, -0.2) is 23.4 Å². The fourth-order valence-corrected chi connectivity index (χ4v) is 2.44. The van der Waals surface area contributed by atoms with E-state index < -0.39 is 0 Å². The molecule has 0 fully saturated rings. The fourth-order valence-electron chi connectivity index (χ4n) is 2.44. The number of hydrogen-bond acceptors (Lipinski definition) is 2. The zero-order chi connectivity index (χ0) is 15.9. The highest BCUT2D eigenvalue weighted by molar-refractivity contribution is 5.76. The summed E-state index contributed by atoms with van der Waals surface area (Å²) in [5.41, 5.74) is 6.96. The molecule has 0 unspecified atom stereocenters. The number of carbonyl (C=O) groups is 1. The van der Waals surface area contributed by atoms with Crippen molar-refractivity contribution in [2.75, 3.05) is 6.54 Å². The fraction of sp³-hybridized carbons (Fsp3) is 0.611. The second-order valence-electron chi connectivity index (χ2n) is 6.80. The number of nitrogens with two attached hydrogens (primary N) is 1. The average Bonchev–Trinajstić information content (AvgIpc) is 2.43. The van der Waals surface area contributed by atoms with Gasteiger partial charge in [0.1, 0.15) is 0 Å². The molecule has 0 saturated carbocycles. The molecule has 0 aliphatic rings. The summed E-state index contributed by atoms with van der Waals surface area (Å²) in [7, 11) is 0. The lowest BCUT2D eigenvalue weighted by Crippen LogP contribution is -2.37. The van der Waals surface area contributed by atoms with Crippen LogP contribution in [0.5, 0.6) is 0 Å². The molecule has 21 heavy (non-hydrogen) atoms. The number of rotatable bonds is 8. The molecule has 0 atom stereocenters. The van der Waals surface area contributed by atoms with Gasteiger partial charge in [0.25, 0.3) is 0 Å². The molecule has 3 nitrogen and oxygen atoms in total. The van der Waals surface area contributed by atoms with Crippen molar-refractivity contribution < 1.29 is 4.79 Å². The third-order valence-corrected chi connectivity index (χ3v) is 3.98. The summed E-state index contributed by atoms with van der Waals surface area (Å²) in [6, 6.07) is 10.4. The maximum absolute atomic E-state index is 12.5. The molecular weight excluding hydrogens is 260 g/mol. The Morgan fingerprint density at radius 2 is 1.81 bits per heavy atom. The van der Waals surface area contributed by atoms with Crippen LogP contribution in [0, 0.1) is 5.41 Å². The monoisotopic (exact) mass is 290 g/mol. The van der Waals surface area contributed by atoms with Crippen molar-refractivity contribution in [3.63, 3.8) is 0 Å².